The molecule has 0 aliphatic carbocycles. The van der Waals surface area contributed by atoms with Crippen LogP contribution in [0.1, 0.15) is 48.0 Å². The number of rotatable bonds is 6. The number of likely N-dealkylation sites (tertiary alicyclic amines) is 1. The molecule has 1 fully saturated rings. The molecule has 0 bridgehead atoms. The molecule has 0 aromatic heterocycles. The largest absolute Gasteiger partial charge is 0.480 e. The average Bonchev–Trinajstić information content (AvgIpc) is 3.07. The van der Waals surface area contributed by atoms with Crippen LogP contribution in [0, 0.1) is 5.41 Å². The second kappa shape index (κ2) is 10.2. The normalized spacial score (nSPS) is 20.0. The minimum Gasteiger partial charge on any atom is -0.480 e. The zero-order valence-electron chi connectivity index (χ0n) is 20.0. The number of nitrogens with zero attached hydrogens (tertiary/aromatic N) is 1. The van der Waals surface area contributed by atoms with Crippen molar-refractivity contribution in [3.63, 3.8) is 0 Å². The first kappa shape index (κ1) is 28.1. The van der Waals surface area contributed by atoms with Crippen LogP contribution in [0.2, 0.25) is 0 Å². The van der Waals surface area contributed by atoms with Gasteiger partial charge in [-0.25, -0.2) is 9.59 Å². The first-order chi connectivity index (χ1) is 15.4. The van der Waals surface area contributed by atoms with Gasteiger partial charge in [0.2, 0.25) is 5.91 Å². The van der Waals surface area contributed by atoms with Crippen LogP contribution in [0.3, 0.4) is 0 Å². The molecule has 2 rings (SSSR count). The van der Waals surface area contributed by atoms with Gasteiger partial charge in [0, 0.05) is 17.4 Å². The van der Waals surface area contributed by atoms with Crippen LogP contribution >= 0.6 is 15.9 Å². The highest BCUT2D eigenvalue weighted by Gasteiger charge is 2.46. The molecule has 0 radical (unpaired) electrons. The molecule has 190 valence electrons. The number of carbonyl (C=O) groups is 3. The molecule has 1 aromatic carbocycles. The summed E-state index contributed by atoms with van der Waals surface area (Å²) in [4.78, 5) is 38.6. The molecule has 10 nitrogen and oxygen atoms in total. The van der Waals surface area contributed by atoms with Crippen LogP contribution < -0.4 is 5.32 Å². The molecular weight excluding hydrogens is 532 g/mol. The molecule has 1 aliphatic rings. The third kappa shape index (κ3) is 7.41. The number of hydrogen-bond donors (Lipinski definition) is 2. The van der Waals surface area contributed by atoms with Crippen LogP contribution in [-0.4, -0.2) is 66.7 Å². The summed E-state index contributed by atoms with van der Waals surface area (Å²) in [5, 5.41) is 12.2. The van der Waals surface area contributed by atoms with Gasteiger partial charge in [-0.05, 0) is 50.5 Å². The summed E-state index contributed by atoms with van der Waals surface area (Å²) in [6, 6.07) is 3.35. The Morgan fingerprint density at radius 1 is 1.12 bits per heavy atom. The Hall–Kier alpha value is -2.18. The molecule has 1 saturated heterocycles. The van der Waals surface area contributed by atoms with Gasteiger partial charge >= 0.3 is 12.1 Å². The highest BCUT2D eigenvalue weighted by Crippen LogP contribution is 2.29. The average molecular weight is 563 g/mol. The summed E-state index contributed by atoms with van der Waals surface area (Å²) in [7, 11) is -4.19. The van der Waals surface area contributed by atoms with E-state index in [0.29, 0.717) is 4.47 Å². The molecule has 2 N–H and O–H groups in total. The number of benzene rings is 1. The van der Waals surface area contributed by atoms with Gasteiger partial charge in [-0.3, -0.25) is 8.98 Å². The Kier molecular flexibility index (Phi) is 8.42. The number of halogens is 1. The van der Waals surface area contributed by atoms with E-state index < -0.39 is 57.3 Å². The summed E-state index contributed by atoms with van der Waals surface area (Å²) in [6.45, 7) is 9.90. The Labute approximate surface area is 208 Å². The molecule has 12 heteroatoms. The SMILES string of the molecule is CC(C)(C)OC(=O)N[C@H](C(=O)N1CC(OS(=O)(=O)c2ccc(Br)cc2)C[C@H]1C(=O)O)C(C)(C)C. The second-order valence-electron chi connectivity index (χ2n) is 10.2. The van der Waals surface area contributed by atoms with Crippen LogP contribution in [0.15, 0.2) is 33.6 Å². The molecule has 1 aliphatic heterocycles. The summed E-state index contributed by atoms with van der Waals surface area (Å²) in [6.07, 6.45) is -2.11. The van der Waals surface area contributed by atoms with E-state index in [0.717, 1.165) is 4.90 Å². The Morgan fingerprint density at radius 3 is 2.15 bits per heavy atom. The van der Waals surface area contributed by atoms with Crippen molar-refractivity contribution in [3.05, 3.63) is 28.7 Å². The maximum Gasteiger partial charge on any atom is 0.408 e. The number of ether oxygens (including phenoxy) is 1. The van der Waals surface area contributed by atoms with Crippen LogP contribution in [0.5, 0.6) is 0 Å². The lowest BCUT2D eigenvalue weighted by atomic mass is 9.85. The van der Waals surface area contributed by atoms with Crippen molar-refractivity contribution in [2.24, 2.45) is 5.41 Å². The number of carboxylic acids is 1. The summed E-state index contributed by atoms with van der Waals surface area (Å²) < 4.78 is 36.5. The minimum absolute atomic E-state index is 0.0912. The number of carbonyl (C=O) groups excluding carboxylic acids is 2. The zero-order valence-corrected chi connectivity index (χ0v) is 22.4. The van der Waals surface area contributed by atoms with Crippen molar-refractivity contribution in [1.29, 1.82) is 0 Å². The fourth-order valence-corrected chi connectivity index (χ4v) is 4.76. The topological polar surface area (TPSA) is 139 Å². The van der Waals surface area contributed by atoms with Crippen molar-refractivity contribution in [1.82, 2.24) is 10.2 Å². The molecule has 2 amide bonds. The predicted molar refractivity (Wildman–Crippen MR) is 127 cm³/mol. The number of alkyl carbamates (subject to hydrolysis) is 1. The Balaban J connectivity index is 2.25. The van der Waals surface area contributed by atoms with Crippen molar-refractivity contribution in [2.45, 2.75) is 76.6 Å². The third-order valence-electron chi connectivity index (χ3n) is 4.97. The van der Waals surface area contributed by atoms with Gasteiger partial charge < -0.3 is 20.1 Å². The van der Waals surface area contributed by atoms with Gasteiger partial charge in [-0.1, -0.05) is 36.7 Å². The van der Waals surface area contributed by atoms with Crippen LogP contribution in [-0.2, 0) is 28.6 Å². The van der Waals surface area contributed by atoms with Crippen molar-refractivity contribution in [2.75, 3.05) is 6.54 Å². The molecule has 1 unspecified atom stereocenters. The van der Waals surface area contributed by atoms with Gasteiger partial charge in [0.05, 0.1) is 11.0 Å². The maximum atomic E-state index is 13.4. The second-order valence-corrected chi connectivity index (χ2v) is 12.6. The van der Waals surface area contributed by atoms with Crippen molar-refractivity contribution in [3.8, 4) is 0 Å². The summed E-state index contributed by atoms with van der Waals surface area (Å²) >= 11 is 3.23. The maximum absolute atomic E-state index is 13.4. The first-order valence-corrected chi connectivity index (χ1v) is 12.8. The van der Waals surface area contributed by atoms with Gasteiger partial charge in [-0.15, -0.1) is 0 Å². The van der Waals surface area contributed by atoms with E-state index in [2.05, 4.69) is 21.2 Å². The molecule has 1 heterocycles. The van der Waals surface area contributed by atoms with E-state index in [-0.39, 0.29) is 17.9 Å². The smallest absolute Gasteiger partial charge is 0.408 e. The Morgan fingerprint density at radius 2 is 1.68 bits per heavy atom. The molecular formula is C22H31BrN2O8S. The number of aliphatic carboxylic acids is 1. The zero-order chi connectivity index (χ0) is 26.1. The van der Waals surface area contributed by atoms with E-state index >= 15 is 0 Å². The monoisotopic (exact) mass is 562 g/mol. The van der Waals surface area contributed by atoms with Crippen LogP contribution in [0.25, 0.3) is 0 Å². The molecule has 0 spiro atoms. The van der Waals surface area contributed by atoms with E-state index in [1.165, 1.54) is 24.3 Å². The fraction of sp³-hybridized carbons (Fsp3) is 0.591. The molecule has 3 atom stereocenters. The highest BCUT2D eigenvalue weighted by molar-refractivity contribution is 9.10. The molecule has 0 saturated carbocycles. The molecule has 1 aromatic rings. The lowest BCUT2D eigenvalue weighted by molar-refractivity contribution is -0.150. The molecule has 34 heavy (non-hydrogen) atoms. The van der Waals surface area contributed by atoms with Gasteiger partial charge in [0.25, 0.3) is 10.1 Å². The standard InChI is InChI=1S/C22H31BrN2O8S/c1-21(2,3)17(24-20(29)32-22(4,5)6)18(26)25-12-14(11-16(25)19(27)28)33-34(30,31)15-9-7-13(23)8-10-15/h7-10,14,16-17H,11-12H2,1-6H3,(H,24,29)(H,27,28)/t14?,16-,17+/m0/s1. The van der Waals surface area contributed by atoms with E-state index in [9.17, 15) is 27.9 Å². The predicted octanol–water partition coefficient (Wildman–Crippen LogP) is 3.15. The minimum atomic E-state index is -4.19. The first-order valence-electron chi connectivity index (χ1n) is 10.6. The van der Waals surface area contributed by atoms with Gasteiger partial charge in [0.15, 0.2) is 0 Å². The number of nitrogens with one attached hydrogen (secondary N) is 1. The third-order valence-corrected chi connectivity index (χ3v) is 6.87. The highest BCUT2D eigenvalue weighted by atomic mass is 79.9. The van der Waals surface area contributed by atoms with Gasteiger partial charge in [0.1, 0.15) is 17.7 Å². The van der Waals surface area contributed by atoms with E-state index in [1.807, 2.05) is 0 Å². The van der Waals surface area contributed by atoms with Crippen molar-refractivity contribution >= 4 is 44.0 Å². The lowest BCUT2D eigenvalue weighted by Gasteiger charge is -2.35. The number of hydrogen-bond acceptors (Lipinski definition) is 7. The summed E-state index contributed by atoms with van der Waals surface area (Å²) in [5.41, 5.74) is -1.59. The van der Waals surface area contributed by atoms with Crippen molar-refractivity contribution < 1.29 is 36.8 Å². The number of amides is 2. The van der Waals surface area contributed by atoms with Crippen LogP contribution in [0.4, 0.5) is 4.79 Å². The quantitative estimate of drug-likeness (QED) is 0.504. The summed E-state index contributed by atoms with van der Waals surface area (Å²) in [5.74, 6) is -1.97. The van der Waals surface area contributed by atoms with Gasteiger partial charge in [-0.2, -0.15) is 8.42 Å². The Bertz CT molecular complexity index is 1030. The van der Waals surface area contributed by atoms with E-state index in [1.54, 1.807) is 41.5 Å². The number of carboxylic acid groups (broad SMARTS) is 1. The lowest BCUT2D eigenvalue weighted by Crippen LogP contribution is -2.57. The fourth-order valence-electron chi connectivity index (χ4n) is 3.42. The van der Waals surface area contributed by atoms with E-state index in [4.69, 9.17) is 8.92 Å².